The molecule has 6 nitrogen and oxygen atoms in total. The van der Waals surface area contributed by atoms with Crippen molar-refractivity contribution in [1.82, 2.24) is 0 Å². The summed E-state index contributed by atoms with van der Waals surface area (Å²) in [5.74, 6) is 0.528. The average Bonchev–Trinajstić information content (AvgIpc) is 3.00. The number of benzene rings is 2. The number of thiophene rings is 1. The first-order valence-corrected chi connectivity index (χ1v) is 9.83. The zero-order valence-electron chi connectivity index (χ0n) is 16.4. The molecule has 0 atom stereocenters. The van der Waals surface area contributed by atoms with Gasteiger partial charge < -0.3 is 20.1 Å². The molecule has 3 aromatic rings. The number of carbonyl (C=O) groups excluding carboxylic acids is 2. The molecule has 0 saturated carbocycles. The first-order valence-electron chi connectivity index (χ1n) is 9.01. The Kier molecular flexibility index (Phi) is 6.51. The molecule has 0 saturated heterocycles. The summed E-state index contributed by atoms with van der Waals surface area (Å²) in [6, 6.07) is 16.3. The van der Waals surface area contributed by atoms with Crippen LogP contribution in [0.15, 0.2) is 54.6 Å². The summed E-state index contributed by atoms with van der Waals surface area (Å²) < 4.78 is 10.8. The largest absolute Gasteiger partial charge is 0.495 e. The summed E-state index contributed by atoms with van der Waals surface area (Å²) in [6.45, 7) is 3.63. The van der Waals surface area contributed by atoms with E-state index in [0.717, 1.165) is 10.4 Å². The predicted molar refractivity (Wildman–Crippen MR) is 115 cm³/mol. The van der Waals surface area contributed by atoms with Crippen molar-refractivity contribution in [2.75, 3.05) is 24.4 Å². The van der Waals surface area contributed by atoms with Gasteiger partial charge in [0.15, 0.2) is 6.61 Å². The van der Waals surface area contributed by atoms with Crippen LogP contribution in [0.5, 0.6) is 11.5 Å². The highest BCUT2D eigenvalue weighted by Gasteiger charge is 2.22. The number of aryl methyl sites for hydroxylation is 1. The van der Waals surface area contributed by atoms with Gasteiger partial charge in [0.2, 0.25) is 0 Å². The number of hydrogen-bond donors (Lipinski definition) is 2. The molecule has 29 heavy (non-hydrogen) atoms. The SMILES string of the molecule is COc1ccccc1NC(=O)c1c(NC(=O)COc2ccccc2)sc(C)c1C. The summed E-state index contributed by atoms with van der Waals surface area (Å²) in [6.07, 6.45) is 0. The third-order valence-corrected chi connectivity index (χ3v) is 5.46. The molecule has 0 aliphatic carbocycles. The molecule has 150 valence electrons. The van der Waals surface area contributed by atoms with Gasteiger partial charge in [-0.2, -0.15) is 0 Å². The summed E-state index contributed by atoms with van der Waals surface area (Å²) in [7, 11) is 1.55. The molecule has 0 aliphatic rings. The van der Waals surface area contributed by atoms with E-state index in [-0.39, 0.29) is 18.4 Å². The third kappa shape index (κ3) is 4.94. The zero-order chi connectivity index (χ0) is 20.8. The molecule has 2 N–H and O–H groups in total. The van der Waals surface area contributed by atoms with Crippen LogP contribution in [0.3, 0.4) is 0 Å². The minimum atomic E-state index is -0.332. The van der Waals surface area contributed by atoms with Crippen molar-refractivity contribution in [1.29, 1.82) is 0 Å². The molecule has 0 radical (unpaired) electrons. The smallest absolute Gasteiger partial charge is 0.262 e. The Morgan fingerprint density at radius 2 is 1.66 bits per heavy atom. The zero-order valence-corrected chi connectivity index (χ0v) is 17.3. The average molecular weight is 410 g/mol. The lowest BCUT2D eigenvalue weighted by Gasteiger charge is -2.12. The van der Waals surface area contributed by atoms with Gasteiger partial charge in [-0.15, -0.1) is 11.3 Å². The Morgan fingerprint density at radius 3 is 2.38 bits per heavy atom. The number of para-hydroxylation sites is 3. The lowest BCUT2D eigenvalue weighted by molar-refractivity contribution is -0.118. The molecule has 7 heteroatoms. The standard InChI is InChI=1S/C22H22N2O4S/c1-14-15(2)29-22(24-19(25)13-28-16-9-5-4-6-10-16)20(14)21(26)23-17-11-7-8-12-18(17)27-3/h4-12H,13H2,1-3H3,(H,23,26)(H,24,25). The molecule has 1 aromatic heterocycles. The second-order valence-corrected chi connectivity index (χ2v) is 7.52. The molecule has 0 aliphatic heterocycles. The van der Waals surface area contributed by atoms with Crippen LogP contribution >= 0.6 is 11.3 Å². The van der Waals surface area contributed by atoms with Crippen LogP contribution in [0, 0.1) is 13.8 Å². The number of nitrogens with one attached hydrogen (secondary N) is 2. The van der Waals surface area contributed by atoms with Gasteiger partial charge in [-0.05, 0) is 43.7 Å². The topological polar surface area (TPSA) is 76.7 Å². The second-order valence-electron chi connectivity index (χ2n) is 6.29. The predicted octanol–water partition coefficient (Wildman–Crippen LogP) is 4.64. The maximum Gasteiger partial charge on any atom is 0.262 e. The van der Waals surface area contributed by atoms with E-state index < -0.39 is 0 Å². The fourth-order valence-corrected chi connectivity index (χ4v) is 3.82. The van der Waals surface area contributed by atoms with E-state index in [1.54, 1.807) is 31.4 Å². The minimum absolute atomic E-state index is 0.145. The molecule has 1 heterocycles. The summed E-state index contributed by atoms with van der Waals surface area (Å²) in [5.41, 5.74) is 1.82. The van der Waals surface area contributed by atoms with E-state index in [1.165, 1.54) is 11.3 Å². The van der Waals surface area contributed by atoms with E-state index in [1.807, 2.05) is 44.2 Å². The fourth-order valence-electron chi connectivity index (χ4n) is 2.75. The van der Waals surface area contributed by atoms with Crippen molar-refractivity contribution >= 4 is 33.8 Å². The van der Waals surface area contributed by atoms with Crippen LogP contribution in [-0.4, -0.2) is 25.5 Å². The van der Waals surface area contributed by atoms with Crippen LogP contribution in [0.4, 0.5) is 10.7 Å². The van der Waals surface area contributed by atoms with Crippen molar-refractivity contribution in [3.05, 3.63) is 70.6 Å². The van der Waals surface area contributed by atoms with Gasteiger partial charge in [-0.3, -0.25) is 9.59 Å². The summed E-state index contributed by atoms with van der Waals surface area (Å²) in [5, 5.41) is 6.16. The molecule has 2 aromatic carbocycles. The number of methoxy groups -OCH3 is 1. The van der Waals surface area contributed by atoms with Crippen molar-refractivity contribution in [2.24, 2.45) is 0 Å². The highest BCUT2D eigenvalue weighted by atomic mass is 32.1. The molecular weight excluding hydrogens is 388 g/mol. The Morgan fingerprint density at radius 1 is 0.966 bits per heavy atom. The number of carbonyl (C=O) groups is 2. The number of amides is 2. The van der Waals surface area contributed by atoms with Gasteiger partial charge >= 0.3 is 0 Å². The Hall–Kier alpha value is -3.32. The van der Waals surface area contributed by atoms with Crippen LogP contribution in [-0.2, 0) is 4.79 Å². The van der Waals surface area contributed by atoms with Crippen LogP contribution in [0.2, 0.25) is 0 Å². The monoisotopic (exact) mass is 410 g/mol. The fraction of sp³-hybridized carbons (Fsp3) is 0.182. The molecule has 0 fully saturated rings. The molecule has 0 bridgehead atoms. The van der Waals surface area contributed by atoms with E-state index in [9.17, 15) is 9.59 Å². The van der Waals surface area contributed by atoms with Crippen LogP contribution in [0.1, 0.15) is 20.8 Å². The summed E-state index contributed by atoms with van der Waals surface area (Å²) >= 11 is 1.36. The quantitative estimate of drug-likeness (QED) is 0.595. The minimum Gasteiger partial charge on any atom is -0.495 e. The maximum atomic E-state index is 13.0. The second kappa shape index (κ2) is 9.25. The van der Waals surface area contributed by atoms with Gasteiger partial charge in [0, 0.05) is 4.88 Å². The summed E-state index contributed by atoms with van der Waals surface area (Å²) in [4.78, 5) is 26.3. The van der Waals surface area contributed by atoms with Crippen molar-refractivity contribution in [2.45, 2.75) is 13.8 Å². The van der Waals surface area contributed by atoms with E-state index in [2.05, 4.69) is 10.6 Å². The molecule has 0 spiro atoms. The highest BCUT2D eigenvalue weighted by Crippen LogP contribution is 2.34. The molecular formula is C22H22N2O4S. The van der Waals surface area contributed by atoms with Gasteiger partial charge in [-0.1, -0.05) is 30.3 Å². The van der Waals surface area contributed by atoms with Crippen LogP contribution < -0.4 is 20.1 Å². The van der Waals surface area contributed by atoms with E-state index in [0.29, 0.717) is 27.8 Å². The normalized spacial score (nSPS) is 10.3. The first-order chi connectivity index (χ1) is 14.0. The van der Waals surface area contributed by atoms with Gasteiger partial charge in [0.05, 0.1) is 18.4 Å². The van der Waals surface area contributed by atoms with Crippen molar-refractivity contribution < 1.29 is 19.1 Å². The van der Waals surface area contributed by atoms with Gasteiger partial charge in [-0.25, -0.2) is 0 Å². The number of anilines is 2. The van der Waals surface area contributed by atoms with Crippen molar-refractivity contribution in [3.8, 4) is 11.5 Å². The van der Waals surface area contributed by atoms with E-state index >= 15 is 0 Å². The van der Waals surface area contributed by atoms with Gasteiger partial charge in [0.25, 0.3) is 11.8 Å². The number of ether oxygens (including phenoxy) is 2. The number of hydrogen-bond acceptors (Lipinski definition) is 5. The van der Waals surface area contributed by atoms with Gasteiger partial charge in [0.1, 0.15) is 16.5 Å². The molecule has 3 rings (SSSR count). The third-order valence-electron chi connectivity index (χ3n) is 4.33. The number of rotatable bonds is 7. The first kappa shape index (κ1) is 20.4. The maximum absolute atomic E-state index is 13.0. The molecule has 0 unspecified atom stereocenters. The lowest BCUT2D eigenvalue weighted by Crippen LogP contribution is -2.22. The lowest BCUT2D eigenvalue weighted by atomic mass is 10.1. The van der Waals surface area contributed by atoms with E-state index in [4.69, 9.17) is 9.47 Å². The van der Waals surface area contributed by atoms with Crippen molar-refractivity contribution in [3.63, 3.8) is 0 Å². The Labute approximate surface area is 173 Å². The molecule has 2 amide bonds. The Bertz CT molecular complexity index is 1010. The Balaban J connectivity index is 1.74. The highest BCUT2D eigenvalue weighted by molar-refractivity contribution is 7.16. The van der Waals surface area contributed by atoms with Crippen LogP contribution in [0.25, 0.3) is 0 Å².